The van der Waals surface area contributed by atoms with Crippen molar-refractivity contribution in [1.82, 2.24) is 0 Å². The number of hydrogen-bond donors (Lipinski definition) is 0. The molecule has 33 heteroatoms. The van der Waals surface area contributed by atoms with E-state index in [2.05, 4.69) is 0 Å². The van der Waals surface area contributed by atoms with E-state index in [4.69, 9.17) is 126 Å². The first-order chi connectivity index (χ1) is 23.9. The second kappa shape index (κ2) is 18.9. The molecular weight excluding hydrogens is 1090 g/mol. The number of rotatable bonds is 0. The molecule has 0 bridgehead atoms. The van der Waals surface area contributed by atoms with Crippen LogP contribution in [0.3, 0.4) is 0 Å². The van der Waals surface area contributed by atoms with Gasteiger partial charge in [-0.2, -0.15) is 0 Å². The van der Waals surface area contributed by atoms with Crippen molar-refractivity contribution in [3.63, 3.8) is 0 Å². The standard InChI is InChI=1S/24CN.4Cr.5V/c24*1-2;;;;;;;;;/q;;;;;;;;;;;;;;;;;;;;;;;;4*-5;5*+4. The summed E-state index contributed by atoms with van der Waals surface area (Å²) in [7, 11) is -25.7. The van der Waals surface area contributed by atoms with Crippen molar-refractivity contribution < 1.29 is 137 Å². The minimum absolute atomic E-state index is 0. The van der Waals surface area contributed by atoms with E-state index >= 15 is 0 Å². The molecule has 0 saturated heterocycles. The topological polar surface area (TPSA) is 571 Å². The van der Waals surface area contributed by atoms with E-state index in [1.165, 1.54) is 0 Å². The summed E-state index contributed by atoms with van der Waals surface area (Å²) in [6.07, 6.45) is 0. The van der Waals surface area contributed by atoms with Crippen LogP contribution in [-0.2, 0) is 137 Å². The van der Waals surface area contributed by atoms with Crippen LogP contribution in [-0.4, -0.2) is 0 Å². The van der Waals surface area contributed by atoms with Gasteiger partial charge >= 0.3 is 381 Å². The molecule has 0 aromatic carbocycles. The first-order valence-corrected chi connectivity index (χ1v) is 25.6. The van der Waals surface area contributed by atoms with Gasteiger partial charge in [0.1, 0.15) is 0 Å². The zero-order valence-electron chi connectivity index (χ0n) is 26.6. The van der Waals surface area contributed by atoms with Crippen molar-refractivity contribution in [2.45, 2.75) is 0 Å². The fourth-order valence-corrected chi connectivity index (χ4v) is 5.05. The van der Waals surface area contributed by atoms with Crippen molar-refractivity contribution in [3.05, 3.63) is 0 Å². The van der Waals surface area contributed by atoms with Gasteiger partial charge in [0.2, 0.25) is 0 Å². The first-order valence-electron chi connectivity index (χ1n) is 10.3. The number of nitriles is 24. The summed E-state index contributed by atoms with van der Waals surface area (Å²) in [4.78, 5) is 25.2. The van der Waals surface area contributed by atoms with Crippen molar-refractivity contribution in [1.29, 1.82) is 126 Å². The van der Waals surface area contributed by atoms with Crippen LogP contribution in [0.5, 0.6) is 0 Å². The molecule has 0 atom stereocenters. The summed E-state index contributed by atoms with van der Waals surface area (Å²) >= 11 is 0. The van der Waals surface area contributed by atoms with Crippen LogP contribution < -0.4 is 0 Å². The quantitative estimate of drug-likeness (QED) is 0.316. The molecule has 5 radical (unpaired) electrons. The van der Waals surface area contributed by atoms with Gasteiger partial charge in [-0.05, 0) is 0 Å². The average molecular weight is 1090 g/mol. The van der Waals surface area contributed by atoms with Crippen molar-refractivity contribution in [3.8, 4) is 118 Å². The third kappa shape index (κ3) is 8.40. The van der Waals surface area contributed by atoms with Crippen molar-refractivity contribution in [2.75, 3.05) is 0 Å². The Morgan fingerprint density at radius 3 is 0.158 bits per heavy atom. The third-order valence-electron chi connectivity index (χ3n) is 5.48. The second-order valence-corrected chi connectivity index (χ2v) is 34.3. The summed E-state index contributed by atoms with van der Waals surface area (Å²) in [5, 5.41) is 206. The Morgan fingerprint density at radius 1 is 0.123 bits per heavy atom. The molecule has 0 aromatic heterocycles. The van der Waals surface area contributed by atoms with E-state index in [-0.39, 0.29) is 92.8 Å². The van der Waals surface area contributed by atoms with Gasteiger partial charge < -0.3 is 0 Å². The number of nitrogens with zero attached hydrogens (tertiary/aromatic N) is 24. The molecule has 0 saturated carbocycles. The molecule has 0 aliphatic rings. The van der Waals surface area contributed by atoms with Crippen LogP contribution in [0.4, 0.5) is 0 Å². The third-order valence-corrected chi connectivity index (χ3v) is 22.6. The normalized spacial score (nSPS) is 12.2. The average Bonchev–Trinajstić information content (AvgIpc) is 3.27. The molecule has 0 aromatic rings. The maximum atomic E-state index is 8.59. The molecule has 0 heterocycles. The minimum atomic E-state index is -6.43. The maximum absolute atomic E-state index is 8.59. The Balaban J connectivity index is -0.0000000748. The Kier molecular flexibility index (Phi) is 23.6. The van der Waals surface area contributed by atoms with Crippen LogP contribution >= 0.6 is 0 Å². The summed E-state index contributed by atoms with van der Waals surface area (Å²) < 4.78 is 0. The van der Waals surface area contributed by atoms with Crippen LogP contribution in [0.25, 0.3) is 0 Å². The molecule has 57 heavy (non-hydrogen) atoms. The van der Waals surface area contributed by atoms with Crippen LogP contribution in [0.1, 0.15) is 0 Å². The molecule has 0 amide bonds. The molecule has 0 aliphatic carbocycles. The van der Waals surface area contributed by atoms with Gasteiger partial charge in [0.15, 0.2) is 0 Å². The summed E-state index contributed by atoms with van der Waals surface area (Å²) in [5.74, 6) is 0. The fraction of sp³-hybridized carbons (Fsp3) is 0. The van der Waals surface area contributed by atoms with Gasteiger partial charge in [0, 0.05) is 0 Å². The largest absolute Gasteiger partial charge is 4.00 e. The number of hydrogen-bond acceptors (Lipinski definition) is 24. The zero-order valence-corrected chi connectivity index (χ0v) is 38.7. The second-order valence-electron chi connectivity index (χ2n) is 8.31. The SMILES string of the molecule is N#[C][Cr-5]([C]#N)([C]#N)([C]#N)([C]#N)[C]#N.N#[C][Cr-5]([C]#N)([C]#N)([C]#N)([C]#N)[C]#N.N#[C][Cr-5]([C]#N)([C]#N)([C]#N)([C]#N)[C]#N.N#[C][Cr-5]([C]#N)([C]#N)([C]#N)([C]#N)[C]#N.[V+4].[V+4].[V+4].[V+4].[V+4]. The van der Waals surface area contributed by atoms with E-state index in [0.29, 0.717) is 0 Å². The minimum Gasteiger partial charge on any atom is 4.00 e. The molecule has 0 aliphatic heterocycles. The van der Waals surface area contributed by atoms with Crippen molar-refractivity contribution in [2.24, 2.45) is 0 Å². The van der Waals surface area contributed by atoms with Gasteiger partial charge in [-0.3, -0.25) is 0 Å². The van der Waals surface area contributed by atoms with Gasteiger partial charge in [0.05, 0.1) is 0 Å². The summed E-state index contributed by atoms with van der Waals surface area (Å²) in [6, 6.07) is 0. The predicted octanol–water partition coefficient (Wildman–Crippen LogP) is 0.380. The van der Waals surface area contributed by atoms with Gasteiger partial charge in [-0.15, -0.1) is 0 Å². The molecular formula is C24Cr4N24V5. The van der Waals surface area contributed by atoms with Crippen LogP contribution in [0.15, 0.2) is 0 Å². The molecule has 0 rings (SSSR count). The Hall–Kier alpha value is -7.19. The summed E-state index contributed by atoms with van der Waals surface area (Å²) in [6.45, 7) is 0. The van der Waals surface area contributed by atoms with Crippen molar-refractivity contribution >= 4 is 0 Å². The Bertz CT molecular complexity index is 1980. The monoisotopic (exact) mass is 1090 g/mol. The summed E-state index contributed by atoms with van der Waals surface area (Å²) in [5.41, 5.74) is 0. The van der Waals surface area contributed by atoms with E-state index in [0.717, 1.165) is 118 Å². The fourth-order valence-electron chi connectivity index (χ4n) is 1.22. The molecule has 0 fully saturated rings. The van der Waals surface area contributed by atoms with Gasteiger partial charge in [-0.25, -0.2) is 0 Å². The van der Waals surface area contributed by atoms with E-state index in [1.807, 2.05) is 0 Å². The van der Waals surface area contributed by atoms with E-state index in [9.17, 15) is 0 Å². The van der Waals surface area contributed by atoms with E-state index in [1.54, 1.807) is 0 Å². The smallest absolute Gasteiger partial charge is 4.00 e. The molecule has 0 unspecified atom stereocenters. The van der Waals surface area contributed by atoms with Crippen LogP contribution in [0.2, 0.25) is 0 Å². The van der Waals surface area contributed by atoms with E-state index < -0.39 is 43.7 Å². The molecule has 0 spiro atoms. The van der Waals surface area contributed by atoms with Gasteiger partial charge in [0.25, 0.3) is 0 Å². The zero-order chi connectivity index (χ0) is 42.6. The molecule has 265 valence electrons. The maximum Gasteiger partial charge on any atom is 4.00 e. The Morgan fingerprint density at radius 2 is 0.158 bits per heavy atom. The van der Waals surface area contributed by atoms with Crippen LogP contribution in [0, 0.1) is 245 Å². The first kappa shape index (κ1) is 71.3. The molecule has 24 nitrogen and oxygen atoms in total. The van der Waals surface area contributed by atoms with Gasteiger partial charge in [-0.1, -0.05) is 0 Å². The molecule has 0 N–H and O–H groups in total. The predicted molar refractivity (Wildman–Crippen MR) is 135 cm³/mol. The Labute approximate surface area is 376 Å².